The highest BCUT2D eigenvalue weighted by Gasteiger charge is 2.30. The van der Waals surface area contributed by atoms with Gasteiger partial charge in [0.2, 0.25) is 6.29 Å². The summed E-state index contributed by atoms with van der Waals surface area (Å²) in [7, 11) is 0. The van der Waals surface area contributed by atoms with E-state index in [1.165, 1.54) is 11.1 Å². The van der Waals surface area contributed by atoms with Crippen LogP contribution in [0.4, 0.5) is 5.69 Å². The van der Waals surface area contributed by atoms with Gasteiger partial charge in [-0.2, -0.15) is 0 Å². The lowest BCUT2D eigenvalue weighted by Crippen LogP contribution is -2.40. The van der Waals surface area contributed by atoms with E-state index < -0.39 is 18.5 Å². The maximum Gasteiger partial charge on any atom is 0.202 e. The molecule has 6 nitrogen and oxygen atoms in total. The molecule has 3 unspecified atom stereocenters. The van der Waals surface area contributed by atoms with Gasteiger partial charge < -0.3 is 29.7 Å². The van der Waals surface area contributed by atoms with E-state index in [1.807, 2.05) is 60.7 Å². The Labute approximate surface area is 199 Å². The Kier molecular flexibility index (Phi) is 6.81. The highest BCUT2D eigenvalue weighted by atomic mass is 16.7. The Morgan fingerprint density at radius 3 is 2.50 bits per heavy atom. The predicted octanol–water partition coefficient (Wildman–Crippen LogP) is 4.81. The normalized spacial score (nSPS) is 21.7. The summed E-state index contributed by atoms with van der Waals surface area (Å²) in [5, 5.41) is 22.9. The van der Waals surface area contributed by atoms with Gasteiger partial charge >= 0.3 is 0 Å². The fourth-order valence-electron chi connectivity index (χ4n) is 4.41. The number of para-hydroxylation sites is 1. The molecule has 3 aromatic carbocycles. The van der Waals surface area contributed by atoms with Crippen molar-refractivity contribution in [3.05, 3.63) is 95.7 Å². The molecule has 1 saturated heterocycles. The molecule has 6 heteroatoms. The summed E-state index contributed by atoms with van der Waals surface area (Å²) in [6.45, 7) is -0.132. The average Bonchev–Trinajstić information content (AvgIpc) is 2.86. The second-order valence-corrected chi connectivity index (χ2v) is 8.76. The van der Waals surface area contributed by atoms with Gasteiger partial charge in [-0.3, -0.25) is 0 Å². The summed E-state index contributed by atoms with van der Waals surface area (Å²) in [5.41, 5.74) is 4.49. The third-order valence-electron chi connectivity index (χ3n) is 6.11. The smallest absolute Gasteiger partial charge is 0.202 e. The molecule has 1 fully saturated rings. The van der Waals surface area contributed by atoms with Gasteiger partial charge in [0.1, 0.15) is 17.2 Å². The molecule has 0 aliphatic carbocycles. The van der Waals surface area contributed by atoms with Crippen molar-refractivity contribution in [2.24, 2.45) is 0 Å². The van der Waals surface area contributed by atoms with Crippen LogP contribution >= 0.6 is 0 Å². The van der Waals surface area contributed by atoms with Crippen molar-refractivity contribution < 1.29 is 24.4 Å². The number of benzene rings is 3. The van der Waals surface area contributed by atoms with Crippen molar-refractivity contribution in [1.29, 1.82) is 0 Å². The van der Waals surface area contributed by atoms with Crippen LogP contribution in [-0.4, -0.2) is 35.3 Å². The number of allylic oxidation sites excluding steroid dienone is 1. The lowest BCUT2D eigenvalue weighted by atomic mass is 9.95. The Hall–Kier alpha value is -3.32. The van der Waals surface area contributed by atoms with Gasteiger partial charge in [-0.15, -0.1) is 0 Å². The zero-order valence-electron chi connectivity index (χ0n) is 18.9. The number of fused-ring (bicyclic) bond motifs is 1. The molecule has 2 heterocycles. The van der Waals surface area contributed by atoms with Crippen LogP contribution in [0.15, 0.2) is 84.6 Å². The highest BCUT2D eigenvalue weighted by molar-refractivity contribution is 5.63. The summed E-state index contributed by atoms with van der Waals surface area (Å²) >= 11 is 0. The minimum absolute atomic E-state index is 0.132. The van der Waals surface area contributed by atoms with Gasteiger partial charge in [0.15, 0.2) is 0 Å². The van der Waals surface area contributed by atoms with E-state index in [0.717, 1.165) is 41.3 Å². The summed E-state index contributed by atoms with van der Waals surface area (Å²) in [5.74, 6) is 2.36. The molecule has 3 N–H and O–H groups in total. The van der Waals surface area contributed by atoms with Crippen molar-refractivity contribution in [3.8, 4) is 17.2 Å². The van der Waals surface area contributed by atoms with Gasteiger partial charge in [-0.05, 0) is 54.0 Å². The molecule has 0 bridgehead atoms. The molecule has 34 heavy (non-hydrogen) atoms. The van der Waals surface area contributed by atoms with Gasteiger partial charge in [0, 0.05) is 36.7 Å². The Morgan fingerprint density at radius 1 is 0.912 bits per heavy atom. The molecular weight excluding hydrogens is 430 g/mol. The highest BCUT2D eigenvalue weighted by Crippen LogP contribution is 2.35. The first-order valence-corrected chi connectivity index (χ1v) is 11.7. The number of rotatable bonds is 7. The Bertz CT molecular complexity index is 1130. The van der Waals surface area contributed by atoms with Crippen LogP contribution in [0.5, 0.6) is 17.2 Å². The first kappa shape index (κ1) is 22.5. The Morgan fingerprint density at radius 2 is 1.71 bits per heavy atom. The number of aliphatic hydroxyl groups excluding tert-OH is 2. The zero-order valence-corrected chi connectivity index (χ0v) is 18.9. The number of hydrogen-bond acceptors (Lipinski definition) is 6. The first-order valence-electron chi connectivity index (χ1n) is 11.7. The third kappa shape index (κ3) is 5.42. The molecule has 176 valence electrons. The molecule has 0 aromatic heterocycles. The second kappa shape index (κ2) is 10.3. The molecule has 5 rings (SSSR count). The first-order chi connectivity index (χ1) is 16.7. The van der Waals surface area contributed by atoms with Crippen LogP contribution in [0.2, 0.25) is 0 Å². The molecule has 2 aliphatic rings. The van der Waals surface area contributed by atoms with Gasteiger partial charge in [0.05, 0.1) is 18.8 Å². The minimum Gasteiger partial charge on any atom is -0.464 e. The van der Waals surface area contributed by atoms with E-state index in [-0.39, 0.29) is 6.61 Å². The van der Waals surface area contributed by atoms with Crippen LogP contribution in [0, 0.1) is 0 Å². The monoisotopic (exact) mass is 459 g/mol. The number of hydrogen-bond donors (Lipinski definition) is 3. The number of nitrogens with one attached hydrogen (secondary N) is 1. The van der Waals surface area contributed by atoms with Crippen molar-refractivity contribution >= 4 is 5.69 Å². The maximum atomic E-state index is 10.1. The molecule has 3 aromatic rings. The molecule has 2 aliphatic heterocycles. The lowest BCUT2D eigenvalue weighted by molar-refractivity contribution is -0.184. The van der Waals surface area contributed by atoms with Crippen LogP contribution in [0.3, 0.4) is 0 Å². The van der Waals surface area contributed by atoms with E-state index in [2.05, 4.69) is 23.6 Å². The van der Waals surface area contributed by atoms with E-state index >= 15 is 0 Å². The van der Waals surface area contributed by atoms with E-state index in [1.54, 1.807) is 0 Å². The van der Waals surface area contributed by atoms with E-state index in [9.17, 15) is 10.2 Å². The molecule has 0 radical (unpaired) electrons. The second-order valence-electron chi connectivity index (χ2n) is 8.76. The average molecular weight is 460 g/mol. The molecule has 3 atom stereocenters. The molecule has 0 spiro atoms. The number of anilines is 1. The topological polar surface area (TPSA) is 80.2 Å². The van der Waals surface area contributed by atoms with Crippen molar-refractivity contribution in [1.82, 2.24) is 0 Å². The predicted molar refractivity (Wildman–Crippen MR) is 130 cm³/mol. The van der Waals surface area contributed by atoms with Crippen LogP contribution in [0.25, 0.3) is 0 Å². The van der Waals surface area contributed by atoms with Gasteiger partial charge in [-0.1, -0.05) is 36.4 Å². The van der Waals surface area contributed by atoms with Gasteiger partial charge in [-0.25, -0.2) is 0 Å². The standard InChI is InChI=1S/C28H29NO5/c30-18-24-15-21(31)16-28(33-24)34-27-8-4-7-26-25(27)14-20(17-29-26)13-19-9-11-23(12-10-19)32-22-5-2-1-3-6-22/h1-12,17,21,24,28-31H,13-16,18H2. The minimum atomic E-state index is -0.584. The lowest BCUT2D eigenvalue weighted by Gasteiger charge is -2.33. The quantitative estimate of drug-likeness (QED) is 0.471. The maximum absolute atomic E-state index is 10.1. The van der Waals surface area contributed by atoms with Crippen molar-refractivity contribution in [3.63, 3.8) is 0 Å². The van der Waals surface area contributed by atoms with Crippen LogP contribution in [-0.2, 0) is 17.6 Å². The van der Waals surface area contributed by atoms with Crippen molar-refractivity contribution in [2.45, 2.75) is 44.2 Å². The molecular formula is C28H29NO5. The summed E-state index contributed by atoms with van der Waals surface area (Å²) in [6.07, 6.45) is 2.88. The van der Waals surface area contributed by atoms with Crippen LogP contribution < -0.4 is 14.8 Å². The largest absolute Gasteiger partial charge is 0.464 e. The van der Waals surface area contributed by atoms with Crippen LogP contribution in [0.1, 0.15) is 24.0 Å². The summed E-state index contributed by atoms with van der Waals surface area (Å²) in [6, 6.07) is 23.8. The molecule has 0 amide bonds. The SMILES string of the molecule is OCC1CC(O)CC(Oc2cccc3c2CC(Cc2ccc(Oc4ccccc4)cc2)=CN3)O1. The molecule has 0 saturated carbocycles. The van der Waals surface area contributed by atoms with Gasteiger partial charge in [0.25, 0.3) is 0 Å². The zero-order chi connectivity index (χ0) is 23.3. The number of ether oxygens (including phenoxy) is 3. The van der Waals surface area contributed by atoms with E-state index in [0.29, 0.717) is 12.8 Å². The summed E-state index contributed by atoms with van der Waals surface area (Å²) in [4.78, 5) is 0. The van der Waals surface area contributed by atoms with E-state index in [4.69, 9.17) is 14.2 Å². The third-order valence-corrected chi connectivity index (χ3v) is 6.11. The fourth-order valence-corrected chi connectivity index (χ4v) is 4.41. The van der Waals surface area contributed by atoms with Crippen molar-refractivity contribution in [2.75, 3.05) is 11.9 Å². The Balaban J connectivity index is 1.24. The fraction of sp³-hybridized carbons (Fsp3) is 0.286. The summed E-state index contributed by atoms with van der Waals surface area (Å²) < 4.78 is 17.8. The number of aliphatic hydroxyl groups is 2.